The van der Waals surface area contributed by atoms with Crippen molar-refractivity contribution in [1.29, 1.82) is 0 Å². The zero-order valence-corrected chi connectivity index (χ0v) is 15.4. The van der Waals surface area contributed by atoms with E-state index in [9.17, 15) is 4.79 Å². The largest absolute Gasteiger partial charge is 0.349 e. The first-order chi connectivity index (χ1) is 13.3. The van der Waals surface area contributed by atoms with E-state index >= 15 is 0 Å². The van der Waals surface area contributed by atoms with Crippen molar-refractivity contribution in [2.24, 2.45) is 0 Å². The van der Waals surface area contributed by atoms with Crippen molar-refractivity contribution in [2.45, 2.75) is 44.6 Å². The minimum Gasteiger partial charge on any atom is -0.349 e. The molecule has 0 saturated heterocycles. The summed E-state index contributed by atoms with van der Waals surface area (Å²) in [6, 6.07) is 20.5. The Bertz CT molecular complexity index is 824. The van der Waals surface area contributed by atoms with Gasteiger partial charge in [-0.25, -0.2) is 4.98 Å². The van der Waals surface area contributed by atoms with Crippen LogP contribution in [0.1, 0.15) is 53.5 Å². The third kappa shape index (κ3) is 4.27. The molecule has 0 aliphatic heterocycles. The number of rotatable bonds is 6. The predicted octanol–water partition coefficient (Wildman–Crippen LogP) is 4.13. The van der Waals surface area contributed by atoms with Crippen LogP contribution in [0, 0.1) is 0 Å². The zero-order chi connectivity index (χ0) is 18.5. The average Bonchev–Trinajstić information content (AvgIpc) is 3.15. The highest BCUT2D eigenvalue weighted by Gasteiger charge is 2.19. The van der Waals surface area contributed by atoms with Crippen molar-refractivity contribution in [1.82, 2.24) is 15.3 Å². The molecule has 138 valence electrons. The molecular weight excluding hydrogens is 334 g/mol. The van der Waals surface area contributed by atoms with Crippen molar-refractivity contribution in [3.8, 4) is 0 Å². The van der Waals surface area contributed by atoms with E-state index < -0.39 is 0 Å². The molecular formula is C23H25N3O. The number of aromatic nitrogens is 2. The van der Waals surface area contributed by atoms with Gasteiger partial charge in [0.05, 0.1) is 12.2 Å². The molecule has 1 aliphatic carbocycles. The number of hydrogen-bond donors (Lipinski definition) is 2. The van der Waals surface area contributed by atoms with E-state index in [0.29, 0.717) is 13.0 Å². The summed E-state index contributed by atoms with van der Waals surface area (Å²) in [6.45, 7) is 0.460. The van der Waals surface area contributed by atoms with Crippen LogP contribution in [0.5, 0.6) is 0 Å². The van der Waals surface area contributed by atoms with Crippen molar-refractivity contribution in [3.63, 3.8) is 0 Å². The fourth-order valence-corrected chi connectivity index (χ4v) is 3.83. The van der Waals surface area contributed by atoms with E-state index in [1.54, 1.807) is 0 Å². The summed E-state index contributed by atoms with van der Waals surface area (Å²) in [5.74, 6) is 0.963. The number of nitrogens with zero attached hydrogens (tertiary/aromatic N) is 1. The maximum Gasteiger partial charge on any atom is 0.221 e. The van der Waals surface area contributed by atoms with Crippen LogP contribution in [0.4, 0.5) is 0 Å². The quantitative estimate of drug-likeness (QED) is 0.695. The van der Waals surface area contributed by atoms with Gasteiger partial charge in [-0.3, -0.25) is 4.79 Å². The molecule has 1 aromatic heterocycles. The summed E-state index contributed by atoms with van der Waals surface area (Å²) in [5.41, 5.74) is 4.74. The van der Waals surface area contributed by atoms with E-state index in [0.717, 1.165) is 29.8 Å². The fraction of sp³-hybridized carbons (Fsp3) is 0.304. The second kappa shape index (κ2) is 8.21. The van der Waals surface area contributed by atoms with Crippen LogP contribution in [-0.4, -0.2) is 15.9 Å². The maximum atomic E-state index is 12.7. The zero-order valence-electron chi connectivity index (χ0n) is 15.4. The Morgan fingerprint density at radius 3 is 2.22 bits per heavy atom. The second-order valence-corrected chi connectivity index (χ2v) is 7.17. The number of aryl methyl sites for hydroxylation is 2. The lowest BCUT2D eigenvalue weighted by Gasteiger charge is -2.17. The van der Waals surface area contributed by atoms with Gasteiger partial charge in [0.1, 0.15) is 5.82 Å². The third-order valence-corrected chi connectivity index (χ3v) is 5.25. The molecule has 2 aromatic carbocycles. The highest BCUT2D eigenvalue weighted by Crippen LogP contribution is 2.27. The average molecular weight is 359 g/mol. The third-order valence-electron chi connectivity index (χ3n) is 5.25. The van der Waals surface area contributed by atoms with Crippen LogP contribution in [0.25, 0.3) is 0 Å². The number of carbonyl (C=O) groups excluding carboxylic acids is 1. The number of fused-ring (bicyclic) bond motifs is 1. The van der Waals surface area contributed by atoms with Gasteiger partial charge in [0.15, 0.2) is 0 Å². The van der Waals surface area contributed by atoms with E-state index in [-0.39, 0.29) is 11.8 Å². The number of H-pyrrole nitrogens is 1. The van der Waals surface area contributed by atoms with Crippen LogP contribution in [0.2, 0.25) is 0 Å². The molecule has 3 aromatic rings. The van der Waals surface area contributed by atoms with Crippen LogP contribution in [0.3, 0.4) is 0 Å². The molecule has 0 spiro atoms. The number of nitrogens with one attached hydrogen (secondary N) is 2. The molecule has 0 bridgehead atoms. The number of carbonyl (C=O) groups is 1. The van der Waals surface area contributed by atoms with Gasteiger partial charge in [-0.2, -0.15) is 0 Å². The van der Waals surface area contributed by atoms with Gasteiger partial charge in [-0.05, 0) is 36.8 Å². The van der Waals surface area contributed by atoms with Crippen molar-refractivity contribution >= 4 is 5.91 Å². The van der Waals surface area contributed by atoms with Crippen molar-refractivity contribution in [3.05, 3.63) is 89.0 Å². The Morgan fingerprint density at radius 1 is 0.963 bits per heavy atom. The Labute approximate surface area is 160 Å². The molecule has 4 nitrogen and oxygen atoms in total. The van der Waals surface area contributed by atoms with Crippen LogP contribution < -0.4 is 5.32 Å². The second-order valence-electron chi connectivity index (χ2n) is 7.17. The summed E-state index contributed by atoms with van der Waals surface area (Å²) in [7, 11) is 0. The first kappa shape index (κ1) is 17.5. The summed E-state index contributed by atoms with van der Waals surface area (Å²) >= 11 is 0. The Morgan fingerprint density at radius 2 is 1.59 bits per heavy atom. The van der Waals surface area contributed by atoms with Crippen molar-refractivity contribution in [2.75, 3.05) is 0 Å². The molecule has 4 heteroatoms. The summed E-state index contributed by atoms with van der Waals surface area (Å²) in [6.07, 6.45) is 4.97. The van der Waals surface area contributed by atoms with Gasteiger partial charge in [0, 0.05) is 18.0 Å². The van der Waals surface area contributed by atoms with E-state index in [2.05, 4.69) is 39.6 Å². The van der Waals surface area contributed by atoms with Crippen LogP contribution in [0.15, 0.2) is 60.7 Å². The molecule has 0 saturated carbocycles. The topological polar surface area (TPSA) is 57.8 Å². The van der Waals surface area contributed by atoms with Gasteiger partial charge in [0.2, 0.25) is 5.91 Å². The summed E-state index contributed by atoms with van der Waals surface area (Å²) in [5, 5.41) is 3.05. The molecule has 0 atom stereocenters. The van der Waals surface area contributed by atoms with Gasteiger partial charge in [-0.1, -0.05) is 60.7 Å². The normalized spacial score (nSPS) is 13.4. The minimum atomic E-state index is 0.0436. The maximum absolute atomic E-state index is 12.7. The number of imidazole rings is 1. The van der Waals surface area contributed by atoms with E-state index in [1.165, 1.54) is 24.2 Å². The number of hydrogen-bond acceptors (Lipinski definition) is 2. The van der Waals surface area contributed by atoms with Gasteiger partial charge >= 0.3 is 0 Å². The lowest BCUT2D eigenvalue weighted by Crippen LogP contribution is -2.25. The van der Waals surface area contributed by atoms with Crippen LogP contribution >= 0.6 is 0 Å². The first-order valence-electron chi connectivity index (χ1n) is 9.73. The molecule has 0 fully saturated rings. The molecule has 1 heterocycles. The number of aromatic amines is 1. The Kier molecular flexibility index (Phi) is 5.33. The summed E-state index contributed by atoms with van der Waals surface area (Å²) < 4.78 is 0. The smallest absolute Gasteiger partial charge is 0.221 e. The lowest BCUT2D eigenvalue weighted by molar-refractivity contribution is -0.121. The van der Waals surface area contributed by atoms with E-state index in [4.69, 9.17) is 0 Å². The fourth-order valence-electron chi connectivity index (χ4n) is 3.83. The highest BCUT2D eigenvalue weighted by molar-refractivity contribution is 5.77. The highest BCUT2D eigenvalue weighted by atomic mass is 16.1. The van der Waals surface area contributed by atoms with Gasteiger partial charge in [0.25, 0.3) is 0 Å². The van der Waals surface area contributed by atoms with E-state index in [1.807, 2.05) is 36.4 Å². The summed E-state index contributed by atoms with van der Waals surface area (Å²) in [4.78, 5) is 20.7. The number of amides is 1. The molecule has 27 heavy (non-hydrogen) atoms. The molecule has 0 radical (unpaired) electrons. The standard InChI is InChI=1S/C23H25N3O/c27-23(24-16-22-25-20-13-7-8-14-21(20)26-22)15-19(17-9-3-1-4-10-17)18-11-5-2-6-12-18/h1-6,9-12,19H,7-8,13-16H2,(H,24,27)(H,25,26). The molecule has 0 unspecified atom stereocenters. The molecule has 1 aliphatic rings. The van der Waals surface area contributed by atoms with Crippen LogP contribution in [-0.2, 0) is 24.2 Å². The van der Waals surface area contributed by atoms with Crippen molar-refractivity contribution < 1.29 is 4.79 Å². The van der Waals surface area contributed by atoms with Gasteiger partial charge in [-0.15, -0.1) is 0 Å². The molecule has 1 amide bonds. The Hall–Kier alpha value is -2.88. The first-order valence-corrected chi connectivity index (χ1v) is 9.73. The number of benzene rings is 2. The molecule has 4 rings (SSSR count). The minimum absolute atomic E-state index is 0.0436. The molecule has 2 N–H and O–H groups in total. The predicted molar refractivity (Wildman–Crippen MR) is 106 cm³/mol. The Balaban J connectivity index is 1.43. The monoisotopic (exact) mass is 359 g/mol. The SMILES string of the molecule is O=C(CC(c1ccccc1)c1ccccc1)NCc1nc2c([nH]1)CCCC2. The van der Waals surface area contributed by atoms with Gasteiger partial charge < -0.3 is 10.3 Å². The lowest BCUT2D eigenvalue weighted by atomic mass is 9.88.